The van der Waals surface area contributed by atoms with Crippen molar-refractivity contribution in [2.45, 2.75) is 26.3 Å². The molecule has 0 saturated heterocycles. The van der Waals surface area contributed by atoms with Crippen LogP contribution in [0.25, 0.3) is 0 Å². The number of ether oxygens (including phenoxy) is 1. The summed E-state index contributed by atoms with van der Waals surface area (Å²) in [6.07, 6.45) is 0.842. The molecule has 1 aromatic rings. The van der Waals surface area contributed by atoms with Gasteiger partial charge < -0.3 is 15.0 Å². The third-order valence-corrected chi connectivity index (χ3v) is 3.98. The first-order valence-electron chi connectivity index (χ1n) is 5.60. The van der Waals surface area contributed by atoms with Crippen molar-refractivity contribution in [2.75, 3.05) is 12.3 Å². The number of nitrogens with zero attached hydrogens (tertiary/aromatic N) is 1. The van der Waals surface area contributed by atoms with Crippen molar-refractivity contribution in [3.05, 3.63) is 8.83 Å². The van der Waals surface area contributed by atoms with E-state index in [4.69, 9.17) is 22.7 Å². The molecular weight excluding hydrogens is 306 g/mol. The Morgan fingerprint density at radius 1 is 1.58 bits per heavy atom. The van der Waals surface area contributed by atoms with E-state index in [0.717, 1.165) is 11.3 Å². The van der Waals surface area contributed by atoms with Gasteiger partial charge in [0.15, 0.2) is 3.95 Å². The van der Waals surface area contributed by atoms with Gasteiger partial charge in [-0.25, -0.2) is 0 Å². The molecule has 1 heterocycles. The number of hydrogen-bond acceptors (Lipinski definition) is 7. The predicted molar refractivity (Wildman–Crippen MR) is 79.9 cm³/mol. The standard InChI is InChI=1S/C10H15N3O3S3/c1-2-16-6(14)4-3-5-13-8(11)7(9(15)12-18)19-10(13)17/h18H,2-5,11H2,1H3,(H,12,15). The van der Waals surface area contributed by atoms with Crippen LogP contribution in [-0.2, 0) is 16.1 Å². The highest BCUT2D eigenvalue weighted by molar-refractivity contribution is 7.78. The summed E-state index contributed by atoms with van der Waals surface area (Å²) in [6, 6.07) is 0. The first kappa shape index (κ1) is 16.0. The molecule has 1 amide bonds. The second-order valence-corrected chi connectivity index (χ2v) is 5.45. The van der Waals surface area contributed by atoms with E-state index in [1.165, 1.54) is 0 Å². The maximum atomic E-state index is 11.5. The minimum Gasteiger partial charge on any atom is -0.466 e. The third kappa shape index (κ3) is 4.22. The molecule has 0 aliphatic carbocycles. The molecule has 3 N–H and O–H groups in total. The number of aromatic nitrogens is 1. The number of carbonyl (C=O) groups is 2. The summed E-state index contributed by atoms with van der Waals surface area (Å²) in [6.45, 7) is 2.60. The summed E-state index contributed by atoms with van der Waals surface area (Å²) in [5.41, 5.74) is 5.85. The van der Waals surface area contributed by atoms with E-state index >= 15 is 0 Å². The lowest BCUT2D eigenvalue weighted by molar-refractivity contribution is -0.143. The van der Waals surface area contributed by atoms with E-state index < -0.39 is 0 Å². The molecule has 0 fully saturated rings. The highest BCUT2D eigenvalue weighted by atomic mass is 32.1. The fourth-order valence-electron chi connectivity index (χ4n) is 1.46. The van der Waals surface area contributed by atoms with Crippen LogP contribution >= 0.6 is 36.4 Å². The number of amides is 1. The summed E-state index contributed by atoms with van der Waals surface area (Å²) in [7, 11) is 0. The van der Waals surface area contributed by atoms with Crippen LogP contribution in [0.4, 0.5) is 5.82 Å². The number of thiol groups is 1. The summed E-state index contributed by atoms with van der Waals surface area (Å²) in [5.74, 6) is -0.345. The topological polar surface area (TPSA) is 86.3 Å². The Morgan fingerprint density at radius 3 is 2.84 bits per heavy atom. The van der Waals surface area contributed by atoms with Gasteiger partial charge in [0.2, 0.25) is 0 Å². The van der Waals surface area contributed by atoms with Gasteiger partial charge in [-0.05, 0) is 25.6 Å². The van der Waals surface area contributed by atoms with E-state index in [0.29, 0.717) is 40.6 Å². The van der Waals surface area contributed by atoms with E-state index in [-0.39, 0.29) is 11.9 Å². The Hall–Kier alpha value is -1.06. The Labute approximate surface area is 125 Å². The van der Waals surface area contributed by atoms with Crippen molar-refractivity contribution in [3.63, 3.8) is 0 Å². The van der Waals surface area contributed by atoms with Crippen LogP contribution in [-0.4, -0.2) is 23.1 Å². The van der Waals surface area contributed by atoms with Gasteiger partial charge in [-0.2, -0.15) is 0 Å². The molecule has 6 nitrogen and oxygen atoms in total. The van der Waals surface area contributed by atoms with Gasteiger partial charge in [0, 0.05) is 13.0 Å². The molecule has 9 heteroatoms. The summed E-state index contributed by atoms with van der Waals surface area (Å²) in [4.78, 5) is 23.0. The third-order valence-electron chi connectivity index (χ3n) is 2.31. The fourth-order valence-corrected chi connectivity index (χ4v) is 2.92. The molecule has 0 aliphatic heterocycles. The lowest BCUT2D eigenvalue weighted by Crippen LogP contribution is -2.14. The molecule has 0 aromatic carbocycles. The normalized spacial score (nSPS) is 10.2. The molecule has 0 radical (unpaired) electrons. The van der Waals surface area contributed by atoms with Crippen molar-refractivity contribution >= 4 is 54.1 Å². The number of thiazole rings is 1. The first-order chi connectivity index (χ1) is 9.01. The summed E-state index contributed by atoms with van der Waals surface area (Å²) >= 11 is 9.94. The summed E-state index contributed by atoms with van der Waals surface area (Å²) in [5, 5.41) is 0. The zero-order valence-electron chi connectivity index (χ0n) is 10.3. The SMILES string of the molecule is CCOC(=O)CCCn1c(N)c(C(=O)NS)sc1=S. The molecule has 0 atom stereocenters. The Balaban J connectivity index is 2.69. The van der Waals surface area contributed by atoms with Crippen molar-refractivity contribution in [1.82, 2.24) is 9.29 Å². The van der Waals surface area contributed by atoms with Gasteiger partial charge in [0.25, 0.3) is 5.91 Å². The maximum Gasteiger partial charge on any atom is 0.305 e. The highest BCUT2D eigenvalue weighted by Crippen LogP contribution is 2.22. The average molecular weight is 321 g/mol. The number of anilines is 1. The lowest BCUT2D eigenvalue weighted by atomic mass is 10.3. The van der Waals surface area contributed by atoms with E-state index in [1.54, 1.807) is 11.5 Å². The number of esters is 1. The molecule has 0 saturated carbocycles. The molecule has 0 spiro atoms. The number of nitrogens with two attached hydrogens (primary N) is 1. The lowest BCUT2D eigenvalue weighted by Gasteiger charge is -2.06. The van der Waals surface area contributed by atoms with Crippen LogP contribution in [0.3, 0.4) is 0 Å². The molecular formula is C10H15N3O3S3. The van der Waals surface area contributed by atoms with Gasteiger partial charge in [-0.1, -0.05) is 24.2 Å². The van der Waals surface area contributed by atoms with Gasteiger partial charge in [-0.3, -0.25) is 14.3 Å². The monoisotopic (exact) mass is 321 g/mol. The van der Waals surface area contributed by atoms with Gasteiger partial charge in [-0.15, -0.1) is 0 Å². The molecule has 0 unspecified atom stereocenters. The minimum atomic E-state index is -0.388. The zero-order chi connectivity index (χ0) is 14.4. The fraction of sp³-hybridized carbons (Fsp3) is 0.500. The molecule has 19 heavy (non-hydrogen) atoms. The van der Waals surface area contributed by atoms with Crippen molar-refractivity contribution < 1.29 is 14.3 Å². The Bertz CT molecular complexity index is 524. The second kappa shape index (κ2) is 7.51. The quantitative estimate of drug-likeness (QED) is 0.422. The van der Waals surface area contributed by atoms with Gasteiger partial charge in [0.1, 0.15) is 10.7 Å². The number of nitrogen functional groups attached to an aromatic ring is 1. The molecule has 1 rings (SSSR count). The highest BCUT2D eigenvalue weighted by Gasteiger charge is 2.16. The van der Waals surface area contributed by atoms with Crippen molar-refractivity contribution in [2.24, 2.45) is 0 Å². The largest absolute Gasteiger partial charge is 0.466 e. The predicted octanol–water partition coefficient (Wildman–Crippen LogP) is 1.78. The molecule has 0 aliphatic rings. The van der Waals surface area contributed by atoms with E-state index in [1.807, 2.05) is 0 Å². The smallest absolute Gasteiger partial charge is 0.305 e. The second-order valence-electron chi connectivity index (χ2n) is 3.58. The van der Waals surface area contributed by atoms with Crippen molar-refractivity contribution in [1.29, 1.82) is 0 Å². The number of hydrogen-bond donors (Lipinski definition) is 3. The number of rotatable bonds is 6. The zero-order valence-corrected chi connectivity index (χ0v) is 12.9. The molecule has 0 bridgehead atoms. The number of carbonyl (C=O) groups excluding carboxylic acids is 2. The van der Waals surface area contributed by atoms with Crippen molar-refractivity contribution in [3.8, 4) is 0 Å². The Kier molecular flexibility index (Phi) is 6.32. The van der Waals surface area contributed by atoms with Crippen LogP contribution in [0.2, 0.25) is 0 Å². The van der Waals surface area contributed by atoms with Gasteiger partial charge in [0.05, 0.1) is 6.61 Å². The van der Waals surface area contributed by atoms with Crippen LogP contribution in [0, 0.1) is 3.95 Å². The summed E-state index contributed by atoms with van der Waals surface area (Å²) < 4.78 is 9.16. The van der Waals surface area contributed by atoms with Crippen LogP contribution in [0.15, 0.2) is 0 Å². The van der Waals surface area contributed by atoms with Gasteiger partial charge >= 0.3 is 5.97 Å². The first-order valence-corrected chi connectivity index (χ1v) is 7.27. The molecule has 1 aromatic heterocycles. The Morgan fingerprint density at radius 2 is 2.26 bits per heavy atom. The van der Waals surface area contributed by atoms with Crippen LogP contribution < -0.4 is 10.5 Å². The maximum absolute atomic E-state index is 11.5. The van der Waals surface area contributed by atoms with E-state index in [9.17, 15) is 9.59 Å². The van der Waals surface area contributed by atoms with Crippen LogP contribution in [0.5, 0.6) is 0 Å². The average Bonchev–Trinajstić information content (AvgIpc) is 2.66. The van der Waals surface area contributed by atoms with E-state index in [2.05, 4.69) is 17.5 Å². The minimum absolute atomic E-state index is 0.254. The number of nitrogens with one attached hydrogen (secondary N) is 1. The molecule has 106 valence electrons. The van der Waals surface area contributed by atoms with Crippen LogP contribution in [0.1, 0.15) is 29.4 Å².